The Morgan fingerprint density at radius 1 is 1.18 bits per heavy atom. The van der Waals surface area contributed by atoms with Gasteiger partial charge in [0.05, 0.1) is 0 Å². The molecule has 0 unspecified atom stereocenters. The fourth-order valence-electron chi connectivity index (χ4n) is 5.71. The first-order valence-corrected chi connectivity index (χ1v) is 9.65. The van der Waals surface area contributed by atoms with Gasteiger partial charge in [0.2, 0.25) is 0 Å². The molecule has 0 saturated heterocycles. The third-order valence-corrected chi connectivity index (χ3v) is 6.90. The molecule has 1 amide bonds. The van der Waals surface area contributed by atoms with Gasteiger partial charge < -0.3 is 5.32 Å². The Bertz CT molecular complexity index is 574. The van der Waals surface area contributed by atoms with E-state index in [1.807, 2.05) is 19.1 Å². The molecular formula is C19H24INO. The molecular weight excluding hydrogens is 385 g/mol. The van der Waals surface area contributed by atoms with Crippen LogP contribution in [0.2, 0.25) is 0 Å². The molecule has 1 N–H and O–H groups in total. The van der Waals surface area contributed by atoms with Crippen LogP contribution in [0, 0.1) is 33.7 Å². The smallest absolute Gasteiger partial charge is 0.251 e. The van der Waals surface area contributed by atoms with Gasteiger partial charge in [-0.15, -0.1) is 0 Å². The summed E-state index contributed by atoms with van der Waals surface area (Å²) in [4.78, 5) is 12.6. The van der Waals surface area contributed by atoms with E-state index >= 15 is 0 Å². The lowest BCUT2D eigenvalue weighted by molar-refractivity contribution is -0.0503. The van der Waals surface area contributed by atoms with Crippen LogP contribution in [-0.2, 0) is 0 Å². The molecule has 2 nitrogen and oxygen atoms in total. The summed E-state index contributed by atoms with van der Waals surface area (Å²) in [7, 11) is 0. The Balaban J connectivity index is 1.46. The number of halogens is 1. The van der Waals surface area contributed by atoms with Crippen LogP contribution in [-0.4, -0.2) is 12.5 Å². The molecule has 0 atom stereocenters. The maximum absolute atomic E-state index is 12.6. The van der Waals surface area contributed by atoms with Gasteiger partial charge in [-0.05, 0) is 109 Å². The van der Waals surface area contributed by atoms with Crippen LogP contribution in [0.15, 0.2) is 18.2 Å². The molecule has 4 aliphatic rings. The molecule has 0 radical (unpaired) electrons. The van der Waals surface area contributed by atoms with Gasteiger partial charge >= 0.3 is 0 Å². The van der Waals surface area contributed by atoms with Crippen LogP contribution in [0.1, 0.15) is 54.4 Å². The highest BCUT2D eigenvalue weighted by Gasteiger charge is 2.50. The van der Waals surface area contributed by atoms with E-state index in [1.165, 1.54) is 38.5 Å². The van der Waals surface area contributed by atoms with Crippen molar-refractivity contribution in [1.82, 2.24) is 5.32 Å². The lowest BCUT2D eigenvalue weighted by Crippen LogP contribution is -2.51. The summed E-state index contributed by atoms with van der Waals surface area (Å²) in [5.74, 6) is 2.96. The Labute approximate surface area is 146 Å². The number of carbonyl (C=O) groups is 1. The Morgan fingerprint density at radius 2 is 1.77 bits per heavy atom. The standard InChI is InChI=1S/C19H24INO/c1-12-2-3-16(20)7-17(12)18(22)21-11-19-8-13-4-14(9-19)6-15(5-13)10-19/h2-3,7,13-15H,4-6,8-11H2,1H3,(H,21,22). The largest absolute Gasteiger partial charge is 0.351 e. The van der Waals surface area contributed by atoms with Gasteiger partial charge in [-0.2, -0.15) is 0 Å². The van der Waals surface area contributed by atoms with E-state index in [0.717, 1.165) is 39.0 Å². The summed E-state index contributed by atoms with van der Waals surface area (Å²) in [6.07, 6.45) is 8.44. The van der Waals surface area contributed by atoms with Crippen LogP contribution in [0.4, 0.5) is 0 Å². The second-order valence-electron chi connectivity index (χ2n) is 8.06. The molecule has 0 heterocycles. The van der Waals surface area contributed by atoms with Crippen molar-refractivity contribution in [2.45, 2.75) is 45.4 Å². The van der Waals surface area contributed by atoms with E-state index in [1.54, 1.807) is 0 Å². The zero-order valence-electron chi connectivity index (χ0n) is 13.2. The fourth-order valence-corrected chi connectivity index (χ4v) is 6.20. The number of carbonyl (C=O) groups excluding carboxylic acids is 1. The fraction of sp³-hybridized carbons (Fsp3) is 0.632. The molecule has 118 valence electrons. The molecule has 4 saturated carbocycles. The van der Waals surface area contributed by atoms with Gasteiger partial charge in [0, 0.05) is 15.7 Å². The predicted molar refractivity (Wildman–Crippen MR) is 96.8 cm³/mol. The number of hydrogen-bond acceptors (Lipinski definition) is 1. The molecule has 1 aromatic carbocycles. The van der Waals surface area contributed by atoms with Gasteiger partial charge in [0.15, 0.2) is 0 Å². The van der Waals surface area contributed by atoms with Crippen LogP contribution < -0.4 is 5.32 Å². The van der Waals surface area contributed by atoms with Gasteiger partial charge in [-0.25, -0.2) is 0 Å². The van der Waals surface area contributed by atoms with Crippen LogP contribution >= 0.6 is 22.6 Å². The zero-order valence-corrected chi connectivity index (χ0v) is 15.4. The zero-order chi connectivity index (χ0) is 15.3. The normalized spacial score (nSPS) is 35.6. The highest BCUT2D eigenvalue weighted by atomic mass is 127. The molecule has 4 bridgehead atoms. The van der Waals surface area contributed by atoms with Gasteiger partial charge in [0.1, 0.15) is 0 Å². The molecule has 22 heavy (non-hydrogen) atoms. The number of nitrogens with one attached hydrogen (secondary N) is 1. The first-order chi connectivity index (χ1) is 10.5. The quantitative estimate of drug-likeness (QED) is 0.730. The van der Waals surface area contributed by atoms with Gasteiger partial charge in [-0.3, -0.25) is 4.79 Å². The van der Waals surface area contributed by atoms with E-state index in [0.29, 0.717) is 5.41 Å². The third-order valence-electron chi connectivity index (χ3n) is 6.23. The Hall–Kier alpha value is -0.580. The van der Waals surface area contributed by atoms with Gasteiger partial charge in [-0.1, -0.05) is 6.07 Å². The molecule has 5 rings (SSSR count). The maximum atomic E-state index is 12.6. The second kappa shape index (κ2) is 5.50. The van der Waals surface area contributed by atoms with Crippen molar-refractivity contribution in [1.29, 1.82) is 0 Å². The van der Waals surface area contributed by atoms with E-state index < -0.39 is 0 Å². The average Bonchev–Trinajstić information content (AvgIpc) is 2.46. The van der Waals surface area contributed by atoms with Crippen LogP contribution in [0.25, 0.3) is 0 Å². The summed E-state index contributed by atoms with van der Waals surface area (Å²) >= 11 is 2.28. The lowest BCUT2D eigenvalue weighted by atomic mass is 9.49. The van der Waals surface area contributed by atoms with Gasteiger partial charge in [0.25, 0.3) is 5.91 Å². The predicted octanol–water partition coefficient (Wildman–Crippen LogP) is 4.55. The molecule has 0 aliphatic heterocycles. The van der Waals surface area contributed by atoms with Crippen molar-refractivity contribution in [2.75, 3.05) is 6.54 Å². The Kier molecular flexibility index (Phi) is 3.74. The third kappa shape index (κ3) is 2.70. The summed E-state index contributed by atoms with van der Waals surface area (Å²) in [5.41, 5.74) is 2.33. The van der Waals surface area contributed by atoms with E-state index in [2.05, 4.69) is 34.0 Å². The first kappa shape index (κ1) is 15.0. The summed E-state index contributed by atoms with van der Waals surface area (Å²) in [5, 5.41) is 3.28. The maximum Gasteiger partial charge on any atom is 0.251 e. The Morgan fingerprint density at radius 3 is 2.36 bits per heavy atom. The minimum absolute atomic E-state index is 0.117. The SMILES string of the molecule is Cc1ccc(I)cc1C(=O)NCC12CC3CC(CC(C3)C1)C2. The number of hydrogen-bond donors (Lipinski definition) is 1. The van der Waals surface area contributed by atoms with Crippen molar-refractivity contribution in [2.24, 2.45) is 23.2 Å². The molecule has 3 heteroatoms. The van der Waals surface area contributed by atoms with Crippen molar-refractivity contribution in [3.8, 4) is 0 Å². The molecule has 4 fully saturated rings. The van der Waals surface area contributed by atoms with E-state index in [4.69, 9.17) is 0 Å². The topological polar surface area (TPSA) is 29.1 Å². The summed E-state index contributed by atoms with van der Waals surface area (Å²) in [6.45, 7) is 2.91. The summed E-state index contributed by atoms with van der Waals surface area (Å²) in [6, 6.07) is 6.11. The minimum atomic E-state index is 0.117. The van der Waals surface area contributed by atoms with Crippen molar-refractivity contribution >= 4 is 28.5 Å². The molecule has 0 aromatic heterocycles. The van der Waals surface area contributed by atoms with Crippen molar-refractivity contribution in [3.05, 3.63) is 32.9 Å². The first-order valence-electron chi connectivity index (χ1n) is 8.57. The number of rotatable bonds is 3. The molecule has 1 aromatic rings. The lowest BCUT2D eigenvalue weighted by Gasteiger charge is -2.56. The second-order valence-corrected chi connectivity index (χ2v) is 9.31. The number of benzene rings is 1. The van der Waals surface area contributed by atoms with E-state index in [9.17, 15) is 4.79 Å². The van der Waals surface area contributed by atoms with Crippen molar-refractivity contribution < 1.29 is 4.79 Å². The van der Waals surface area contributed by atoms with Crippen LogP contribution in [0.3, 0.4) is 0 Å². The number of amides is 1. The average molecular weight is 409 g/mol. The van der Waals surface area contributed by atoms with Crippen LogP contribution in [0.5, 0.6) is 0 Å². The van der Waals surface area contributed by atoms with Crippen molar-refractivity contribution in [3.63, 3.8) is 0 Å². The van der Waals surface area contributed by atoms with E-state index in [-0.39, 0.29) is 5.91 Å². The highest BCUT2D eigenvalue weighted by molar-refractivity contribution is 14.1. The monoisotopic (exact) mass is 409 g/mol. The minimum Gasteiger partial charge on any atom is -0.351 e. The molecule has 4 aliphatic carbocycles. The molecule has 0 spiro atoms. The number of aryl methyl sites for hydroxylation is 1. The highest BCUT2D eigenvalue weighted by Crippen LogP contribution is 2.59. The summed E-state index contributed by atoms with van der Waals surface area (Å²) < 4.78 is 1.13.